The second kappa shape index (κ2) is 8.80. The Balaban J connectivity index is 2.00. The molecule has 1 heterocycles. The summed E-state index contributed by atoms with van der Waals surface area (Å²) in [4.78, 5) is 35.6. The first-order valence-corrected chi connectivity index (χ1v) is 9.48. The molecule has 0 spiro atoms. The van der Waals surface area contributed by atoms with Crippen LogP contribution in [0.1, 0.15) is 23.7 Å². The maximum Gasteiger partial charge on any atom is 0.573 e. The Bertz CT molecular complexity index is 1160. The first-order valence-electron chi connectivity index (χ1n) is 8.69. The molecule has 0 bridgehead atoms. The average molecular weight is 496 g/mol. The van der Waals surface area contributed by atoms with E-state index in [-0.39, 0.29) is 11.3 Å². The molecule has 7 nitrogen and oxygen atoms in total. The summed E-state index contributed by atoms with van der Waals surface area (Å²) in [6.45, 7) is 1.08. The van der Waals surface area contributed by atoms with Crippen LogP contribution in [0.4, 0.5) is 13.2 Å². The Kier molecular flexibility index (Phi) is 6.34. The van der Waals surface area contributed by atoms with E-state index in [1.54, 1.807) is 12.1 Å². The molecule has 0 amide bonds. The lowest BCUT2D eigenvalue weighted by Crippen LogP contribution is -2.17. The predicted octanol–water partition coefficient (Wildman–Crippen LogP) is 4.33. The molecule has 0 saturated carbocycles. The molecule has 0 aliphatic rings. The summed E-state index contributed by atoms with van der Waals surface area (Å²) in [7, 11) is 0. The van der Waals surface area contributed by atoms with Crippen molar-refractivity contribution in [1.29, 1.82) is 0 Å². The zero-order valence-electron chi connectivity index (χ0n) is 15.8. The van der Waals surface area contributed by atoms with Crippen LogP contribution in [0.3, 0.4) is 0 Å². The van der Waals surface area contributed by atoms with Gasteiger partial charge in [-0.15, -0.1) is 18.3 Å². The van der Waals surface area contributed by atoms with E-state index in [0.717, 1.165) is 19.1 Å². The number of ketones is 3. The summed E-state index contributed by atoms with van der Waals surface area (Å²) in [5.41, 5.74) is 1.24. The zero-order valence-corrected chi connectivity index (χ0v) is 17.4. The third kappa shape index (κ3) is 5.43. The lowest BCUT2D eigenvalue weighted by atomic mass is 10.0. The monoisotopic (exact) mass is 495 g/mol. The predicted molar refractivity (Wildman–Crippen MR) is 106 cm³/mol. The van der Waals surface area contributed by atoms with Gasteiger partial charge in [-0.3, -0.25) is 14.4 Å². The van der Waals surface area contributed by atoms with E-state index in [0.29, 0.717) is 15.7 Å². The number of hydrogen-bond acceptors (Lipinski definition) is 6. The maximum atomic E-state index is 12.6. The second-order valence-corrected chi connectivity index (χ2v) is 7.26. The van der Waals surface area contributed by atoms with Gasteiger partial charge >= 0.3 is 6.36 Å². The van der Waals surface area contributed by atoms with Gasteiger partial charge in [-0.2, -0.15) is 0 Å². The highest BCUT2D eigenvalue weighted by Gasteiger charge is 2.31. The molecule has 0 aliphatic heterocycles. The molecular weight excluding hydrogens is 483 g/mol. The molecule has 2 aromatic carbocycles. The van der Waals surface area contributed by atoms with Gasteiger partial charge in [-0.25, -0.2) is 4.68 Å². The van der Waals surface area contributed by atoms with Gasteiger partial charge in [0.15, 0.2) is 11.6 Å². The standard InChI is InChI=1S/C20H13BrF3N3O4/c1-11(28)18(29)9-19(30)15-7-4-13(21)8-16(15)27-17(10-25-26-27)12-2-5-14(6-3-12)31-20(22,23)24/h2-8,10H,9H2,1H3. The molecule has 160 valence electrons. The van der Waals surface area contributed by atoms with Gasteiger partial charge in [-0.05, 0) is 42.5 Å². The maximum absolute atomic E-state index is 12.6. The van der Waals surface area contributed by atoms with Crippen molar-refractivity contribution in [3.8, 4) is 22.7 Å². The fourth-order valence-corrected chi connectivity index (χ4v) is 3.07. The Morgan fingerprint density at radius 2 is 1.77 bits per heavy atom. The lowest BCUT2D eigenvalue weighted by molar-refractivity contribution is -0.274. The van der Waals surface area contributed by atoms with Crippen molar-refractivity contribution in [3.05, 3.63) is 58.7 Å². The number of aromatic nitrogens is 3. The largest absolute Gasteiger partial charge is 0.573 e. The number of Topliss-reactive ketones (excluding diaryl/α,β-unsaturated/α-hetero) is 3. The van der Waals surface area contributed by atoms with Crippen LogP contribution in [0.25, 0.3) is 16.9 Å². The summed E-state index contributed by atoms with van der Waals surface area (Å²) >= 11 is 3.31. The number of carbonyl (C=O) groups is 3. The van der Waals surface area contributed by atoms with Crippen molar-refractivity contribution in [2.75, 3.05) is 0 Å². The quantitative estimate of drug-likeness (QED) is 0.275. The lowest BCUT2D eigenvalue weighted by Gasteiger charge is -2.12. The van der Waals surface area contributed by atoms with Gasteiger partial charge in [0.2, 0.25) is 5.78 Å². The summed E-state index contributed by atoms with van der Waals surface area (Å²) in [5.74, 6) is -2.53. The second-order valence-electron chi connectivity index (χ2n) is 6.34. The topological polar surface area (TPSA) is 91.2 Å². The van der Waals surface area contributed by atoms with E-state index in [2.05, 4.69) is 31.0 Å². The molecule has 31 heavy (non-hydrogen) atoms. The van der Waals surface area contributed by atoms with Gasteiger partial charge in [0.25, 0.3) is 0 Å². The highest BCUT2D eigenvalue weighted by atomic mass is 79.9. The van der Waals surface area contributed by atoms with Gasteiger partial charge in [-0.1, -0.05) is 21.1 Å². The average Bonchev–Trinajstić information content (AvgIpc) is 3.16. The van der Waals surface area contributed by atoms with Crippen molar-refractivity contribution in [2.24, 2.45) is 0 Å². The molecule has 11 heteroatoms. The van der Waals surface area contributed by atoms with Crippen LogP contribution in [-0.2, 0) is 9.59 Å². The minimum absolute atomic E-state index is 0.126. The molecule has 0 N–H and O–H groups in total. The van der Waals surface area contributed by atoms with Crippen LogP contribution in [0.2, 0.25) is 0 Å². The Morgan fingerprint density at radius 1 is 1.10 bits per heavy atom. The number of halogens is 4. The first-order chi connectivity index (χ1) is 14.5. The molecule has 0 saturated heterocycles. The Labute approximate surface area is 181 Å². The van der Waals surface area contributed by atoms with Crippen molar-refractivity contribution in [3.63, 3.8) is 0 Å². The van der Waals surface area contributed by atoms with Gasteiger partial charge in [0, 0.05) is 22.5 Å². The smallest absolute Gasteiger partial charge is 0.406 e. The summed E-state index contributed by atoms with van der Waals surface area (Å²) in [6, 6.07) is 9.68. The molecule has 0 fully saturated rings. The molecule has 1 aromatic heterocycles. The normalized spacial score (nSPS) is 11.3. The van der Waals surface area contributed by atoms with Gasteiger partial charge in [0.05, 0.1) is 24.0 Å². The molecular formula is C20H13BrF3N3O4. The van der Waals surface area contributed by atoms with E-state index in [9.17, 15) is 27.6 Å². The number of alkyl halides is 3. The molecule has 3 aromatic rings. The first kappa shape index (κ1) is 22.3. The summed E-state index contributed by atoms with van der Waals surface area (Å²) in [6.07, 6.45) is -4.04. The van der Waals surface area contributed by atoms with E-state index in [4.69, 9.17) is 0 Å². The van der Waals surface area contributed by atoms with E-state index in [1.807, 2.05) is 0 Å². The van der Waals surface area contributed by atoms with Crippen molar-refractivity contribution >= 4 is 33.3 Å². The van der Waals surface area contributed by atoms with Crippen molar-refractivity contribution < 1.29 is 32.3 Å². The molecule has 0 unspecified atom stereocenters. The van der Waals surface area contributed by atoms with Crippen LogP contribution in [0, 0.1) is 0 Å². The van der Waals surface area contributed by atoms with Crippen LogP contribution >= 0.6 is 15.9 Å². The van der Waals surface area contributed by atoms with Crippen LogP contribution in [0.5, 0.6) is 5.75 Å². The highest BCUT2D eigenvalue weighted by molar-refractivity contribution is 9.10. The van der Waals surface area contributed by atoms with Crippen LogP contribution < -0.4 is 4.74 Å². The Hall–Kier alpha value is -3.34. The fourth-order valence-electron chi connectivity index (χ4n) is 2.72. The Morgan fingerprint density at radius 3 is 2.39 bits per heavy atom. The minimum atomic E-state index is -4.81. The highest BCUT2D eigenvalue weighted by Crippen LogP contribution is 2.29. The van der Waals surface area contributed by atoms with E-state index in [1.165, 1.54) is 29.1 Å². The van der Waals surface area contributed by atoms with Gasteiger partial charge in [0.1, 0.15) is 5.75 Å². The van der Waals surface area contributed by atoms with E-state index < -0.39 is 35.9 Å². The zero-order chi connectivity index (χ0) is 22.8. The van der Waals surface area contributed by atoms with Crippen molar-refractivity contribution in [1.82, 2.24) is 15.0 Å². The number of hydrogen-bond donors (Lipinski definition) is 0. The number of nitrogens with zero attached hydrogens (tertiary/aromatic N) is 3. The third-order valence-corrected chi connectivity index (χ3v) is 4.63. The number of carbonyl (C=O) groups excluding carboxylic acids is 3. The molecule has 0 radical (unpaired) electrons. The summed E-state index contributed by atoms with van der Waals surface area (Å²) in [5, 5.41) is 7.80. The fraction of sp³-hybridized carbons (Fsp3) is 0.150. The minimum Gasteiger partial charge on any atom is -0.406 e. The van der Waals surface area contributed by atoms with Crippen molar-refractivity contribution in [2.45, 2.75) is 19.7 Å². The SMILES string of the molecule is CC(=O)C(=O)CC(=O)c1ccc(Br)cc1-n1nncc1-c1ccc(OC(F)(F)F)cc1. The number of benzene rings is 2. The number of rotatable bonds is 7. The van der Waals surface area contributed by atoms with Crippen LogP contribution in [-0.4, -0.2) is 38.7 Å². The molecule has 0 atom stereocenters. The summed E-state index contributed by atoms with van der Waals surface area (Å²) < 4.78 is 42.9. The van der Waals surface area contributed by atoms with Gasteiger partial charge < -0.3 is 4.74 Å². The number of ether oxygens (including phenoxy) is 1. The third-order valence-electron chi connectivity index (χ3n) is 4.14. The van der Waals surface area contributed by atoms with E-state index >= 15 is 0 Å². The molecule has 0 aliphatic carbocycles. The van der Waals surface area contributed by atoms with Crippen LogP contribution in [0.15, 0.2) is 53.1 Å². The molecule has 3 rings (SSSR count).